The van der Waals surface area contributed by atoms with Gasteiger partial charge in [-0.3, -0.25) is 14.5 Å². The highest BCUT2D eigenvalue weighted by atomic mass is 32.2. The normalized spacial score (nSPS) is 16.8. The predicted octanol–water partition coefficient (Wildman–Crippen LogP) is 3.85. The number of carbonyl (C=O) groups excluding carboxylic acids is 3. The highest BCUT2D eigenvalue weighted by Crippen LogP contribution is 2.34. The number of carbonyl (C=O) groups is 3. The number of rotatable bonds is 8. The molecule has 1 aliphatic rings. The first kappa shape index (κ1) is 23.3. The number of ether oxygens (including phenoxy) is 2. The summed E-state index contributed by atoms with van der Waals surface area (Å²) in [6.07, 6.45) is 0.00454. The van der Waals surface area contributed by atoms with Gasteiger partial charge in [-0.1, -0.05) is 23.9 Å². The first-order valence-corrected chi connectivity index (χ1v) is 11.1. The number of nitrogens with one attached hydrogen (secondary N) is 1. The molecule has 0 aromatic heterocycles. The zero-order valence-electron chi connectivity index (χ0n) is 18.2. The molecule has 1 aliphatic heterocycles. The van der Waals surface area contributed by atoms with E-state index in [-0.39, 0.29) is 18.2 Å². The van der Waals surface area contributed by atoms with Crippen molar-refractivity contribution in [3.05, 3.63) is 54.1 Å². The van der Waals surface area contributed by atoms with E-state index in [9.17, 15) is 14.4 Å². The molecule has 2 aromatic carbocycles. The lowest BCUT2D eigenvalue weighted by Gasteiger charge is -2.14. The Kier molecular flexibility index (Phi) is 7.88. The number of benzene rings is 2. The van der Waals surface area contributed by atoms with Gasteiger partial charge in [0.25, 0.3) is 0 Å². The second-order valence-corrected chi connectivity index (χ2v) is 7.98. The Labute approximate surface area is 191 Å². The third-order valence-corrected chi connectivity index (χ3v) is 5.86. The molecule has 9 heteroatoms. The van der Waals surface area contributed by atoms with Crippen molar-refractivity contribution in [2.45, 2.75) is 25.5 Å². The van der Waals surface area contributed by atoms with Crippen LogP contribution in [0.25, 0.3) is 0 Å². The summed E-state index contributed by atoms with van der Waals surface area (Å²) in [6.45, 7) is 4.35. The minimum absolute atomic E-state index is 0.00454. The van der Waals surface area contributed by atoms with E-state index < -0.39 is 11.2 Å². The topological polar surface area (TPSA) is 97.3 Å². The van der Waals surface area contributed by atoms with Crippen molar-refractivity contribution in [2.75, 3.05) is 25.6 Å². The molecule has 0 radical (unpaired) electrons. The Balaban J connectivity index is 1.67. The monoisotopic (exact) mass is 455 g/mol. The van der Waals surface area contributed by atoms with Crippen molar-refractivity contribution < 1.29 is 23.9 Å². The number of para-hydroxylation sites is 2. The van der Waals surface area contributed by atoms with E-state index in [1.807, 2.05) is 25.1 Å². The molecule has 2 amide bonds. The van der Waals surface area contributed by atoms with E-state index in [0.717, 1.165) is 0 Å². The summed E-state index contributed by atoms with van der Waals surface area (Å²) in [5, 5.41) is 2.74. The maximum Gasteiger partial charge on any atom is 0.338 e. The molecule has 0 aliphatic carbocycles. The molecular formula is C23H25N3O5S. The van der Waals surface area contributed by atoms with Crippen LogP contribution in [0.2, 0.25) is 0 Å². The van der Waals surface area contributed by atoms with E-state index in [4.69, 9.17) is 9.47 Å². The molecule has 1 N–H and O–H groups in total. The molecule has 0 spiro atoms. The van der Waals surface area contributed by atoms with Crippen LogP contribution >= 0.6 is 11.8 Å². The van der Waals surface area contributed by atoms with E-state index in [1.165, 1.54) is 11.8 Å². The van der Waals surface area contributed by atoms with Gasteiger partial charge in [0.15, 0.2) is 5.17 Å². The molecule has 1 fully saturated rings. The van der Waals surface area contributed by atoms with Gasteiger partial charge in [0.1, 0.15) is 16.7 Å². The molecule has 0 saturated carbocycles. The second kappa shape index (κ2) is 10.8. The van der Waals surface area contributed by atoms with Crippen LogP contribution in [0.3, 0.4) is 0 Å². The molecule has 1 atom stereocenters. The van der Waals surface area contributed by atoms with Gasteiger partial charge in [-0.25, -0.2) is 9.79 Å². The highest BCUT2D eigenvalue weighted by molar-refractivity contribution is 8.15. The molecule has 32 heavy (non-hydrogen) atoms. The SMILES string of the molecule is CCOC(=O)c1ccc(NC(=O)CC2SC(=Nc3ccccc3OC)N(CC)C2=O)cc1. The van der Waals surface area contributed by atoms with Crippen molar-refractivity contribution >= 4 is 46.1 Å². The quantitative estimate of drug-likeness (QED) is 0.607. The fraction of sp³-hybridized carbons (Fsp3) is 0.304. The van der Waals surface area contributed by atoms with Gasteiger partial charge in [-0.05, 0) is 50.2 Å². The Bertz CT molecular complexity index is 1020. The summed E-state index contributed by atoms with van der Waals surface area (Å²) in [6, 6.07) is 13.7. The van der Waals surface area contributed by atoms with E-state index >= 15 is 0 Å². The lowest BCUT2D eigenvalue weighted by molar-refractivity contribution is -0.128. The predicted molar refractivity (Wildman–Crippen MR) is 125 cm³/mol. The standard InChI is InChI=1S/C23H25N3O5S/c1-4-26-21(28)19(32-23(26)25-17-8-6-7-9-18(17)30-3)14-20(27)24-16-12-10-15(11-13-16)22(29)31-5-2/h6-13,19H,4-5,14H2,1-3H3,(H,24,27). The highest BCUT2D eigenvalue weighted by Gasteiger charge is 2.38. The van der Waals surface area contributed by atoms with Crippen LogP contribution in [0.15, 0.2) is 53.5 Å². The number of hydrogen-bond acceptors (Lipinski definition) is 7. The number of hydrogen-bond donors (Lipinski definition) is 1. The molecule has 3 rings (SSSR count). The molecule has 1 heterocycles. The number of thioether (sulfide) groups is 1. The van der Waals surface area contributed by atoms with Crippen LogP contribution in [-0.2, 0) is 14.3 Å². The average Bonchev–Trinajstić information content (AvgIpc) is 3.08. The number of esters is 1. The maximum atomic E-state index is 12.8. The molecule has 8 nitrogen and oxygen atoms in total. The van der Waals surface area contributed by atoms with Crippen LogP contribution in [0.1, 0.15) is 30.6 Å². The van der Waals surface area contributed by atoms with Crippen LogP contribution in [-0.4, -0.2) is 53.4 Å². The fourth-order valence-electron chi connectivity index (χ4n) is 3.13. The van der Waals surface area contributed by atoms with Crippen LogP contribution in [0, 0.1) is 0 Å². The maximum absolute atomic E-state index is 12.8. The Morgan fingerprint density at radius 2 is 1.84 bits per heavy atom. The summed E-state index contributed by atoms with van der Waals surface area (Å²) in [4.78, 5) is 43.3. The van der Waals surface area contributed by atoms with E-state index in [0.29, 0.717) is 41.0 Å². The van der Waals surface area contributed by atoms with Gasteiger partial charge >= 0.3 is 5.97 Å². The average molecular weight is 456 g/mol. The smallest absolute Gasteiger partial charge is 0.338 e. The number of amidine groups is 1. The van der Waals surface area contributed by atoms with Crippen molar-refractivity contribution in [3.8, 4) is 5.75 Å². The van der Waals surface area contributed by atoms with Gasteiger partial charge in [-0.15, -0.1) is 0 Å². The van der Waals surface area contributed by atoms with Gasteiger partial charge in [0.05, 0.1) is 19.3 Å². The van der Waals surface area contributed by atoms with Crippen LogP contribution in [0.5, 0.6) is 5.75 Å². The van der Waals surface area contributed by atoms with Crippen molar-refractivity contribution in [2.24, 2.45) is 4.99 Å². The van der Waals surface area contributed by atoms with Crippen molar-refractivity contribution in [3.63, 3.8) is 0 Å². The first-order valence-electron chi connectivity index (χ1n) is 10.2. The Morgan fingerprint density at radius 1 is 1.12 bits per heavy atom. The molecular weight excluding hydrogens is 430 g/mol. The van der Waals surface area contributed by atoms with Crippen molar-refractivity contribution in [1.29, 1.82) is 0 Å². The second-order valence-electron chi connectivity index (χ2n) is 6.81. The fourth-order valence-corrected chi connectivity index (χ4v) is 4.34. The number of anilines is 1. The third-order valence-electron chi connectivity index (χ3n) is 4.69. The minimum Gasteiger partial charge on any atom is -0.494 e. The van der Waals surface area contributed by atoms with Gasteiger partial charge in [-0.2, -0.15) is 0 Å². The lowest BCUT2D eigenvalue weighted by Crippen LogP contribution is -2.33. The first-order chi connectivity index (χ1) is 15.5. The largest absolute Gasteiger partial charge is 0.494 e. The minimum atomic E-state index is -0.567. The number of methoxy groups -OCH3 is 1. The Hall–Kier alpha value is -3.33. The van der Waals surface area contributed by atoms with Crippen LogP contribution < -0.4 is 10.1 Å². The number of nitrogens with zero attached hydrogens (tertiary/aromatic N) is 2. The van der Waals surface area contributed by atoms with Crippen molar-refractivity contribution in [1.82, 2.24) is 4.90 Å². The molecule has 2 aromatic rings. The molecule has 0 bridgehead atoms. The summed E-state index contributed by atoms with van der Waals surface area (Å²) in [5.41, 5.74) is 1.56. The number of aliphatic imine (C=N–C) groups is 1. The Morgan fingerprint density at radius 3 is 2.50 bits per heavy atom. The molecule has 1 unspecified atom stereocenters. The summed E-state index contributed by atoms with van der Waals surface area (Å²) in [5.74, 6) is -0.260. The van der Waals surface area contributed by atoms with E-state index in [2.05, 4.69) is 10.3 Å². The zero-order chi connectivity index (χ0) is 23.1. The summed E-state index contributed by atoms with van der Waals surface area (Å²) < 4.78 is 10.3. The van der Waals surface area contributed by atoms with Gasteiger partial charge in [0.2, 0.25) is 11.8 Å². The molecule has 1 saturated heterocycles. The third kappa shape index (κ3) is 5.47. The van der Waals surface area contributed by atoms with Gasteiger partial charge < -0.3 is 14.8 Å². The van der Waals surface area contributed by atoms with E-state index in [1.54, 1.807) is 49.3 Å². The summed E-state index contributed by atoms with van der Waals surface area (Å²) in [7, 11) is 1.57. The zero-order valence-corrected chi connectivity index (χ0v) is 19.0. The number of amides is 2. The lowest BCUT2D eigenvalue weighted by atomic mass is 10.2. The molecule has 168 valence electrons. The summed E-state index contributed by atoms with van der Waals surface area (Å²) >= 11 is 1.26. The van der Waals surface area contributed by atoms with Crippen LogP contribution in [0.4, 0.5) is 11.4 Å². The van der Waals surface area contributed by atoms with Gasteiger partial charge in [0, 0.05) is 18.7 Å².